The highest BCUT2D eigenvalue weighted by Gasteiger charge is 2.14. The Morgan fingerprint density at radius 1 is 1.14 bits per heavy atom. The fraction of sp³-hybridized carbons (Fsp3) is 0.111. The van der Waals surface area contributed by atoms with Gasteiger partial charge in [0.1, 0.15) is 5.69 Å². The van der Waals surface area contributed by atoms with Crippen LogP contribution in [0.5, 0.6) is 0 Å². The standard InChI is InChI=1S/C18H16N2O2/c1-13-4-2-3-5-15(13)11-20-12-16(10-17(20)18(21)22)14-6-8-19-9-7-14/h2-10,12H,11H2,1H3,(H,21,22). The molecule has 1 N–H and O–H groups in total. The highest BCUT2D eigenvalue weighted by molar-refractivity contribution is 5.88. The van der Waals surface area contributed by atoms with Gasteiger partial charge in [0.25, 0.3) is 0 Å². The van der Waals surface area contributed by atoms with E-state index in [1.165, 1.54) is 0 Å². The van der Waals surface area contributed by atoms with E-state index in [4.69, 9.17) is 0 Å². The predicted molar refractivity (Wildman–Crippen MR) is 84.9 cm³/mol. The monoisotopic (exact) mass is 292 g/mol. The number of carbonyl (C=O) groups is 1. The van der Waals surface area contributed by atoms with Crippen LogP contribution in [0.1, 0.15) is 21.6 Å². The number of rotatable bonds is 4. The summed E-state index contributed by atoms with van der Waals surface area (Å²) in [6.45, 7) is 2.57. The van der Waals surface area contributed by atoms with Gasteiger partial charge in [0, 0.05) is 30.7 Å². The van der Waals surface area contributed by atoms with E-state index in [0.29, 0.717) is 6.54 Å². The molecule has 1 aromatic carbocycles. The van der Waals surface area contributed by atoms with Crippen molar-refractivity contribution in [2.24, 2.45) is 0 Å². The molecule has 0 atom stereocenters. The molecule has 2 aromatic heterocycles. The average Bonchev–Trinajstić information content (AvgIpc) is 2.95. The Kier molecular flexibility index (Phi) is 3.74. The van der Waals surface area contributed by atoms with E-state index in [-0.39, 0.29) is 5.69 Å². The van der Waals surface area contributed by atoms with E-state index in [0.717, 1.165) is 22.3 Å². The number of benzene rings is 1. The van der Waals surface area contributed by atoms with Gasteiger partial charge in [-0.25, -0.2) is 4.79 Å². The van der Waals surface area contributed by atoms with E-state index < -0.39 is 5.97 Å². The molecule has 0 spiro atoms. The molecule has 2 heterocycles. The topological polar surface area (TPSA) is 55.1 Å². The van der Waals surface area contributed by atoms with E-state index in [9.17, 15) is 9.90 Å². The summed E-state index contributed by atoms with van der Waals surface area (Å²) in [4.78, 5) is 15.5. The molecule has 0 radical (unpaired) electrons. The maximum absolute atomic E-state index is 11.5. The first-order chi connectivity index (χ1) is 10.6. The van der Waals surface area contributed by atoms with Crippen LogP contribution in [0.25, 0.3) is 11.1 Å². The third-order valence-corrected chi connectivity index (χ3v) is 3.73. The molecule has 0 fully saturated rings. The number of hydrogen-bond acceptors (Lipinski definition) is 2. The minimum atomic E-state index is -0.922. The molecule has 0 amide bonds. The van der Waals surface area contributed by atoms with Crippen LogP contribution in [0.2, 0.25) is 0 Å². The quantitative estimate of drug-likeness (QED) is 0.799. The van der Waals surface area contributed by atoms with Gasteiger partial charge in [-0.1, -0.05) is 24.3 Å². The summed E-state index contributed by atoms with van der Waals surface area (Å²) in [5.41, 5.74) is 4.39. The average molecular weight is 292 g/mol. The lowest BCUT2D eigenvalue weighted by atomic mass is 10.1. The molecular formula is C18H16N2O2. The molecule has 4 heteroatoms. The van der Waals surface area contributed by atoms with Crippen LogP contribution in [-0.4, -0.2) is 20.6 Å². The Bertz CT molecular complexity index is 807. The Balaban J connectivity index is 2.02. The smallest absolute Gasteiger partial charge is 0.352 e. The molecule has 110 valence electrons. The number of aryl methyl sites for hydroxylation is 1. The number of carboxylic acids is 1. The maximum Gasteiger partial charge on any atom is 0.352 e. The van der Waals surface area contributed by atoms with Crippen molar-refractivity contribution in [1.82, 2.24) is 9.55 Å². The minimum absolute atomic E-state index is 0.287. The van der Waals surface area contributed by atoms with Crippen LogP contribution in [0, 0.1) is 6.92 Å². The van der Waals surface area contributed by atoms with E-state index in [1.807, 2.05) is 49.5 Å². The predicted octanol–water partition coefficient (Wildman–Crippen LogP) is 3.61. The van der Waals surface area contributed by atoms with E-state index >= 15 is 0 Å². The van der Waals surface area contributed by atoms with Crippen molar-refractivity contribution in [3.63, 3.8) is 0 Å². The fourth-order valence-corrected chi connectivity index (χ4v) is 2.49. The van der Waals surface area contributed by atoms with Crippen LogP contribution in [0.3, 0.4) is 0 Å². The SMILES string of the molecule is Cc1ccccc1Cn1cc(-c2ccncc2)cc1C(=O)O. The molecule has 0 aliphatic heterocycles. The molecule has 3 aromatic rings. The Morgan fingerprint density at radius 2 is 1.86 bits per heavy atom. The second-order valence-corrected chi connectivity index (χ2v) is 5.21. The van der Waals surface area contributed by atoms with Crippen LogP contribution in [0.15, 0.2) is 61.1 Å². The van der Waals surface area contributed by atoms with Crippen molar-refractivity contribution < 1.29 is 9.90 Å². The van der Waals surface area contributed by atoms with Gasteiger partial charge in [-0.3, -0.25) is 4.98 Å². The van der Waals surface area contributed by atoms with Gasteiger partial charge in [-0.2, -0.15) is 0 Å². The summed E-state index contributed by atoms with van der Waals surface area (Å²) in [5, 5.41) is 9.44. The minimum Gasteiger partial charge on any atom is -0.477 e. The summed E-state index contributed by atoms with van der Waals surface area (Å²) in [7, 11) is 0. The first-order valence-corrected chi connectivity index (χ1v) is 7.03. The Labute approximate surface area is 128 Å². The van der Waals surface area contributed by atoms with Crippen molar-refractivity contribution in [3.05, 3.63) is 77.9 Å². The van der Waals surface area contributed by atoms with Gasteiger partial charge in [-0.15, -0.1) is 0 Å². The zero-order valence-corrected chi connectivity index (χ0v) is 12.2. The van der Waals surface area contributed by atoms with Gasteiger partial charge >= 0.3 is 5.97 Å². The maximum atomic E-state index is 11.5. The molecule has 4 nitrogen and oxygen atoms in total. The highest BCUT2D eigenvalue weighted by Crippen LogP contribution is 2.23. The molecule has 0 saturated heterocycles. The molecule has 0 aliphatic rings. The number of nitrogens with zero attached hydrogens (tertiary/aromatic N) is 2. The van der Waals surface area contributed by atoms with Crippen LogP contribution >= 0.6 is 0 Å². The highest BCUT2D eigenvalue weighted by atomic mass is 16.4. The van der Waals surface area contributed by atoms with Crippen molar-refractivity contribution in [3.8, 4) is 11.1 Å². The number of hydrogen-bond donors (Lipinski definition) is 1. The fourth-order valence-electron chi connectivity index (χ4n) is 2.49. The van der Waals surface area contributed by atoms with E-state index in [1.54, 1.807) is 23.0 Å². The van der Waals surface area contributed by atoms with Gasteiger partial charge < -0.3 is 9.67 Å². The van der Waals surface area contributed by atoms with Crippen molar-refractivity contribution in [2.45, 2.75) is 13.5 Å². The van der Waals surface area contributed by atoms with Crippen LogP contribution in [0.4, 0.5) is 0 Å². The number of carboxylic acid groups (broad SMARTS) is 1. The summed E-state index contributed by atoms with van der Waals surface area (Å²) in [6, 6.07) is 13.5. The molecule has 0 unspecified atom stereocenters. The lowest BCUT2D eigenvalue weighted by molar-refractivity contribution is 0.0685. The second-order valence-electron chi connectivity index (χ2n) is 5.21. The summed E-state index contributed by atoms with van der Waals surface area (Å²) in [5.74, 6) is -0.922. The molecule has 0 saturated carbocycles. The third kappa shape index (κ3) is 2.76. The normalized spacial score (nSPS) is 10.6. The largest absolute Gasteiger partial charge is 0.477 e. The first-order valence-electron chi connectivity index (χ1n) is 7.03. The van der Waals surface area contributed by atoms with Gasteiger partial charge in [0.15, 0.2) is 0 Å². The van der Waals surface area contributed by atoms with Crippen LogP contribution < -0.4 is 0 Å². The van der Waals surface area contributed by atoms with Gasteiger partial charge in [0.05, 0.1) is 0 Å². The Morgan fingerprint density at radius 3 is 2.55 bits per heavy atom. The summed E-state index contributed by atoms with van der Waals surface area (Å²) in [6.07, 6.45) is 5.29. The van der Waals surface area contributed by atoms with Crippen LogP contribution in [-0.2, 0) is 6.54 Å². The summed E-state index contributed by atoms with van der Waals surface area (Å²) >= 11 is 0. The molecule has 3 rings (SSSR count). The van der Waals surface area contributed by atoms with Crippen molar-refractivity contribution in [2.75, 3.05) is 0 Å². The van der Waals surface area contributed by atoms with Gasteiger partial charge in [0.2, 0.25) is 0 Å². The number of aromatic carboxylic acids is 1. The number of pyridine rings is 1. The van der Waals surface area contributed by atoms with Crippen molar-refractivity contribution >= 4 is 5.97 Å². The second kappa shape index (κ2) is 5.85. The number of aromatic nitrogens is 2. The third-order valence-electron chi connectivity index (χ3n) is 3.73. The lowest BCUT2D eigenvalue weighted by Gasteiger charge is -2.09. The van der Waals surface area contributed by atoms with Crippen molar-refractivity contribution in [1.29, 1.82) is 0 Å². The zero-order valence-electron chi connectivity index (χ0n) is 12.2. The molecule has 0 bridgehead atoms. The van der Waals surface area contributed by atoms with E-state index in [2.05, 4.69) is 4.98 Å². The lowest BCUT2D eigenvalue weighted by Crippen LogP contribution is -2.09. The molecule has 22 heavy (non-hydrogen) atoms. The zero-order chi connectivity index (χ0) is 15.5. The Hall–Kier alpha value is -2.88. The molecular weight excluding hydrogens is 276 g/mol. The molecule has 0 aliphatic carbocycles. The first kappa shape index (κ1) is 14.1. The van der Waals surface area contributed by atoms with Gasteiger partial charge in [-0.05, 0) is 41.8 Å². The summed E-state index contributed by atoms with van der Waals surface area (Å²) < 4.78 is 1.78.